The summed E-state index contributed by atoms with van der Waals surface area (Å²) in [4.78, 5) is 19.5. The first-order chi connectivity index (χ1) is 4.93. The Balaban J connectivity index is 1.96. The minimum atomic E-state index is 0.236. The number of hydrogen-bond donors (Lipinski definition) is 0. The smallest absolute Gasteiger partial charge is 0.119 e. The van der Waals surface area contributed by atoms with Crippen LogP contribution in [-0.2, 0) is 14.6 Å². The van der Waals surface area contributed by atoms with Gasteiger partial charge in [0.2, 0.25) is 0 Å². The fourth-order valence-corrected chi connectivity index (χ4v) is 0.993. The van der Waals surface area contributed by atoms with Crippen molar-refractivity contribution in [2.24, 2.45) is 0 Å². The van der Waals surface area contributed by atoms with Crippen LogP contribution in [0.25, 0.3) is 0 Å². The van der Waals surface area contributed by atoms with Gasteiger partial charge in [0.05, 0.1) is 12.7 Å². The summed E-state index contributed by atoms with van der Waals surface area (Å²) in [6.07, 6.45) is 4.64. The molecule has 58 valence electrons. The molecule has 0 spiro atoms. The molecule has 1 unspecified atom stereocenters. The van der Waals surface area contributed by atoms with Crippen molar-refractivity contribution >= 4 is 6.29 Å². The highest BCUT2D eigenvalue weighted by molar-refractivity contribution is 5.48. The summed E-state index contributed by atoms with van der Waals surface area (Å²) in [7, 11) is 0. The molecule has 0 radical (unpaired) electrons. The number of aldehydes is 1. The largest absolute Gasteiger partial charge is 0.303 e. The zero-order valence-electron chi connectivity index (χ0n) is 5.91. The maximum atomic E-state index is 9.91. The third-order valence-electron chi connectivity index (χ3n) is 1.58. The SMILES string of the molecule is O=CCCCC1CCOO1. The number of hydrogen-bond acceptors (Lipinski definition) is 3. The molecule has 3 nitrogen and oxygen atoms in total. The predicted octanol–water partition coefficient (Wildman–Crippen LogP) is 1.08. The van der Waals surface area contributed by atoms with Crippen LogP contribution in [-0.4, -0.2) is 19.0 Å². The highest BCUT2D eigenvalue weighted by atomic mass is 17.2. The van der Waals surface area contributed by atoms with Crippen molar-refractivity contribution in [1.29, 1.82) is 0 Å². The molecule has 0 aromatic carbocycles. The zero-order chi connectivity index (χ0) is 7.23. The number of carbonyl (C=O) groups excluding carboxylic acids is 1. The van der Waals surface area contributed by atoms with E-state index >= 15 is 0 Å². The van der Waals surface area contributed by atoms with Crippen LogP contribution in [0.15, 0.2) is 0 Å². The Bertz CT molecular complexity index is 97.0. The Hall–Kier alpha value is -0.410. The molecule has 0 aromatic heterocycles. The van der Waals surface area contributed by atoms with Gasteiger partial charge in [-0.15, -0.1) is 0 Å². The van der Waals surface area contributed by atoms with E-state index in [1.807, 2.05) is 0 Å². The second-order valence-corrected chi connectivity index (χ2v) is 2.43. The summed E-state index contributed by atoms with van der Waals surface area (Å²) >= 11 is 0. The highest BCUT2D eigenvalue weighted by Crippen LogP contribution is 2.14. The van der Waals surface area contributed by atoms with Crippen LogP contribution in [0.5, 0.6) is 0 Å². The molecule has 3 heteroatoms. The maximum Gasteiger partial charge on any atom is 0.119 e. The van der Waals surface area contributed by atoms with Crippen molar-refractivity contribution in [3.8, 4) is 0 Å². The molecule has 1 fully saturated rings. The van der Waals surface area contributed by atoms with E-state index in [0.717, 1.165) is 25.5 Å². The molecule has 0 N–H and O–H groups in total. The van der Waals surface area contributed by atoms with E-state index in [2.05, 4.69) is 0 Å². The fraction of sp³-hybridized carbons (Fsp3) is 0.857. The lowest BCUT2D eigenvalue weighted by molar-refractivity contribution is -0.275. The first-order valence-electron chi connectivity index (χ1n) is 3.65. The second kappa shape index (κ2) is 4.41. The molecule has 0 aliphatic carbocycles. The van der Waals surface area contributed by atoms with E-state index < -0.39 is 0 Å². The molecule has 1 aliphatic heterocycles. The minimum Gasteiger partial charge on any atom is -0.303 e. The van der Waals surface area contributed by atoms with E-state index in [0.29, 0.717) is 13.0 Å². The summed E-state index contributed by atoms with van der Waals surface area (Å²) in [5.41, 5.74) is 0. The van der Waals surface area contributed by atoms with Crippen LogP contribution < -0.4 is 0 Å². The van der Waals surface area contributed by atoms with Crippen LogP contribution in [0.4, 0.5) is 0 Å². The van der Waals surface area contributed by atoms with Gasteiger partial charge in [0.15, 0.2) is 0 Å². The molecule has 0 aromatic rings. The first-order valence-corrected chi connectivity index (χ1v) is 3.65. The monoisotopic (exact) mass is 144 g/mol. The molecular weight excluding hydrogens is 132 g/mol. The summed E-state index contributed by atoms with van der Waals surface area (Å²) in [6.45, 7) is 0.700. The third kappa shape index (κ3) is 2.45. The van der Waals surface area contributed by atoms with Crippen LogP contribution in [0.1, 0.15) is 25.7 Å². The van der Waals surface area contributed by atoms with Gasteiger partial charge in [-0.05, 0) is 12.8 Å². The van der Waals surface area contributed by atoms with Gasteiger partial charge in [-0.3, -0.25) is 0 Å². The van der Waals surface area contributed by atoms with Crippen molar-refractivity contribution in [3.63, 3.8) is 0 Å². The van der Waals surface area contributed by atoms with Gasteiger partial charge in [-0.2, -0.15) is 0 Å². The Morgan fingerprint density at radius 2 is 2.50 bits per heavy atom. The summed E-state index contributed by atoms with van der Waals surface area (Å²) in [5, 5.41) is 0. The van der Waals surface area contributed by atoms with E-state index in [4.69, 9.17) is 9.78 Å². The van der Waals surface area contributed by atoms with Crippen molar-refractivity contribution in [2.75, 3.05) is 6.61 Å². The van der Waals surface area contributed by atoms with Crippen molar-refractivity contribution in [1.82, 2.24) is 0 Å². The van der Waals surface area contributed by atoms with E-state index in [1.165, 1.54) is 0 Å². The molecule has 0 bridgehead atoms. The van der Waals surface area contributed by atoms with Crippen LogP contribution >= 0.6 is 0 Å². The van der Waals surface area contributed by atoms with Gasteiger partial charge in [0.1, 0.15) is 6.29 Å². The van der Waals surface area contributed by atoms with Crippen LogP contribution in [0, 0.1) is 0 Å². The number of carbonyl (C=O) groups is 1. The molecular formula is C7H12O3. The van der Waals surface area contributed by atoms with Crippen molar-refractivity contribution in [2.45, 2.75) is 31.8 Å². The fourth-order valence-electron chi connectivity index (χ4n) is 0.993. The Kier molecular flexibility index (Phi) is 3.40. The first kappa shape index (κ1) is 7.69. The number of rotatable bonds is 4. The summed E-state index contributed by atoms with van der Waals surface area (Å²) in [5.74, 6) is 0. The molecule has 1 heterocycles. The standard InChI is InChI=1S/C7H12O3/c8-5-2-1-3-7-4-6-9-10-7/h5,7H,1-4,6H2. The lowest BCUT2D eigenvalue weighted by Crippen LogP contribution is -2.03. The Labute approximate surface area is 60.2 Å². The molecule has 1 atom stereocenters. The lowest BCUT2D eigenvalue weighted by atomic mass is 10.1. The molecule has 10 heavy (non-hydrogen) atoms. The molecule has 1 saturated heterocycles. The average molecular weight is 144 g/mol. The predicted molar refractivity (Wildman–Crippen MR) is 35.4 cm³/mol. The molecule has 0 saturated carbocycles. The van der Waals surface area contributed by atoms with E-state index in [9.17, 15) is 4.79 Å². The van der Waals surface area contributed by atoms with Gasteiger partial charge in [0.25, 0.3) is 0 Å². The normalized spacial score (nSPS) is 25.0. The quantitative estimate of drug-likeness (QED) is 0.336. The van der Waals surface area contributed by atoms with Gasteiger partial charge in [-0.25, -0.2) is 9.78 Å². The van der Waals surface area contributed by atoms with Crippen LogP contribution in [0.2, 0.25) is 0 Å². The minimum absolute atomic E-state index is 0.236. The van der Waals surface area contributed by atoms with Crippen molar-refractivity contribution < 1.29 is 14.6 Å². The average Bonchev–Trinajstić information content (AvgIpc) is 2.41. The Morgan fingerprint density at radius 3 is 3.10 bits per heavy atom. The van der Waals surface area contributed by atoms with E-state index in [1.54, 1.807) is 0 Å². The molecule has 1 aliphatic rings. The maximum absolute atomic E-state index is 9.91. The van der Waals surface area contributed by atoms with Gasteiger partial charge >= 0.3 is 0 Å². The zero-order valence-corrected chi connectivity index (χ0v) is 5.91. The summed E-state index contributed by atoms with van der Waals surface area (Å²) < 4.78 is 0. The second-order valence-electron chi connectivity index (χ2n) is 2.43. The topological polar surface area (TPSA) is 35.5 Å². The van der Waals surface area contributed by atoms with Gasteiger partial charge in [-0.1, -0.05) is 0 Å². The van der Waals surface area contributed by atoms with Gasteiger partial charge in [0, 0.05) is 12.8 Å². The molecule has 1 rings (SSSR count). The lowest BCUT2D eigenvalue weighted by Gasteiger charge is -2.02. The highest BCUT2D eigenvalue weighted by Gasteiger charge is 2.15. The van der Waals surface area contributed by atoms with E-state index in [-0.39, 0.29) is 6.10 Å². The molecule has 0 amide bonds. The van der Waals surface area contributed by atoms with Gasteiger partial charge < -0.3 is 4.79 Å². The third-order valence-corrected chi connectivity index (χ3v) is 1.58. The number of unbranched alkanes of at least 4 members (excludes halogenated alkanes) is 1. The Morgan fingerprint density at radius 1 is 1.60 bits per heavy atom. The summed E-state index contributed by atoms with van der Waals surface area (Å²) in [6, 6.07) is 0. The van der Waals surface area contributed by atoms with Crippen LogP contribution in [0.3, 0.4) is 0 Å². The van der Waals surface area contributed by atoms with Crippen molar-refractivity contribution in [3.05, 3.63) is 0 Å².